The molecule has 3 aliphatic carbocycles. The molecule has 0 unspecified atom stereocenters. The fourth-order valence-corrected chi connectivity index (χ4v) is 7.61. The van der Waals surface area contributed by atoms with Crippen molar-refractivity contribution in [2.24, 2.45) is 0 Å². The molecule has 0 saturated heterocycles. The molecule has 0 aliphatic heterocycles. The third kappa shape index (κ3) is 5.53. The van der Waals surface area contributed by atoms with Crippen molar-refractivity contribution in [3.8, 4) is 22.3 Å². The highest BCUT2D eigenvalue weighted by atomic mass is 79.9. The van der Waals surface area contributed by atoms with E-state index < -0.39 is 0 Å². The van der Waals surface area contributed by atoms with Crippen LogP contribution >= 0.6 is 15.9 Å². The number of halogens is 1. The zero-order valence-electron chi connectivity index (χ0n) is 23.4. The van der Waals surface area contributed by atoms with Gasteiger partial charge in [-0.25, -0.2) is 0 Å². The second-order valence-corrected chi connectivity index (χ2v) is 13.1. The van der Waals surface area contributed by atoms with Gasteiger partial charge >= 0.3 is 0 Å². The molecule has 1 heteroatoms. The van der Waals surface area contributed by atoms with Gasteiger partial charge in [-0.15, -0.1) is 0 Å². The standard InChI is InChI=1S/C38H41Br/c1-2-3-4-5-6-29-7-9-30(10-8-29)31-11-13-32(14-12-31)33-15-17-34(18-16-33)37-23-26-38(27-24-37,28-25-37)35-19-21-36(39)22-20-35/h7-22H,2-6,23-28H2,1H3. The van der Waals surface area contributed by atoms with E-state index in [2.05, 4.69) is 120 Å². The fraction of sp³-hybridized carbons (Fsp3) is 0.368. The second kappa shape index (κ2) is 11.5. The maximum atomic E-state index is 3.61. The predicted molar refractivity (Wildman–Crippen MR) is 170 cm³/mol. The van der Waals surface area contributed by atoms with Gasteiger partial charge < -0.3 is 0 Å². The highest BCUT2D eigenvalue weighted by Crippen LogP contribution is 2.58. The van der Waals surface area contributed by atoms with Crippen molar-refractivity contribution in [3.63, 3.8) is 0 Å². The summed E-state index contributed by atoms with van der Waals surface area (Å²) in [6.45, 7) is 2.27. The average Bonchev–Trinajstić information content (AvgIpc) is 3.01. The number of hydrogen-bond acceptors (Lipinski definition) is 0. The van der Waals surface area contributed by atoms with Crippen LogP contribution in [0.2, 0.25) is 0 Å². The van der Waals surface area contributed by atoms with Crippen LogP contribution in [0.1, 0.15) is 87.8 Å². The summed E-state index contributed by atoms with van der Waals surface area (Å²) in [5.41, 5.74) is 10.6. The third-order valence-corrected chi connectivity index (χ3v) is 10.6. The lowest BCUT2D eigenvalue weighted by molar-refractivity contribution is 0.102. The smallest absolute Gasteiger partial charge is 0.0175 e. The Hall–Kier alpha value is -2.64. The molecule has 2 bridgehead atoms. The molecule has 4 aromatic rings. The lowest BCUT2D eigenvalue weighted by atomic mass is 9.50. The van der Waals surface area contributed by atoms with Gasteiger partial charge in [0.25, 0.3) is 0 Å². The summed E-state index contributed by atoms with van der Waals surface area (Å²) < 4.78 is 1.18. The van der Waals surface area contributed by atoms with E-state index in [9.17, 15) is 0 Å². The fourth-order valence-electron chi connectivity index (χ4n) is 7.35. The van der Waals surface area contributed by atoms with Crippen molar-refractivity contribution < 1.29 is 0 Å². The first kappa shape index (κ1) is 26.6. The van der Waals surface area contributed by atoms with Gasteiger partial charge in [-0.05, 0) is 113 Å². The molecule has 200 valence electrons. The summed E-state index contributed by atoms with van der Waals surface area (Å²) >= 11 is 3.61. The predicted octanol–water partition coefficient (Wildman–Crippen LogP) is 11.4. The Kier molecular flexibility index (Phi) is 7.81. The molecule has 0 nitrogen and oxygen atoms in total. The monoisotopic (exact) mass is 576 g/mol. The SMILES string of the molecule is CCCCCCc1ccc(-c2ccc(-c3ccc(C45CCC(c6ccc(Br)cc6)(CC4)CC5)cc3)cc2)cc1. The van der Waals surface area contributed by atoms with Crippen LogP contribution in [-0.4, -0.2) is 0 Å². The highest BCUT2D eigenvalue weighted by molar-refractivity contribution is 9.10. The van der Waals surface area contributed by atoms with Gasteiger partial charge in [0.1, 0.15) is 0 Å². The Morgan fingerprint density at radius 1 is 0.487 bits per heavy atom. The van der Waals surface area contributed by atoms with Crippen LogP contribution in [0.15, 0.2) is 102 Å². The van der Waals surface area contributed by atoms with Gasteiger partial charge in [0.15, 0.2) is 0 Å². The number of unbranched alkanes of at least 4 members (excludes halogenated alkanes) is 3. The largest absolute Gasteiger partial charge is 0.0654 e. The molecular formula is C38H41Br. The van der Waals surface area contributed by atoms with Crippen molar-refractivity contribution in [1.82, 2.24) is 0 Å². The first-order chi connectivity index (χ1) is 19.1. The van der Waals surface area contributed by atoms with Crippen LogP contribution in [0, 0.1) is 0 Å². The lowest BCUT2D eigenvalue weighted by Gasteiger charge is -2.54. The molecule has 4 aromatic carbocycles. The zero-order chi connectivity index (χ0) is 26.7. The molecule has 0 radical (unpaired) electrons. The summed E-state index contributed by atoms with van der Waals surface area (Å²) in [7, 11) is 0. The van der Waals surface area contributed by atoms with Gasteiger partial charge in [0, 0.05) is 4.47 Å². The highest BCUT2D eigenvalue weighted by Gasteiger charge is 2.49. The Morgan fingerprint density at radius 3 is 1.31 bits per heavy atom. The molecule has 7 rings (SSSR count). The molecule has 0 atom stereocenters. The second-order valence-electron chi connectivity index (χ2n) is 12.2. The van der Waals surface area contributed by atoms with Crippen molar-refractivity contribution in [3.05, 3.63) is 118 Å². The minimum atomic E-state index is 0.377. The van der Waals surface area contributed by atoms with Crippen molar-refractivity contribution in [2.45, 2.75) is 88.4 Å². The van der Waals surface area contributed by atoms with Gasteiger partial charge in [-0.3, -0.25) is 0 Å². The molecule has 3 saturated carbocycles. The summed E-state index contributed by atoms with van der Waals surface area (Å²) in [6, 6.07) is 37.1. The quantitative estimate of drug-likeness (QED) is 0.174. The van der Waals surface area contributed by atoms with Crippen LogP contribution < -0.4 is 0 Å². The van der Waals surface area contributed by atoms with E-state index in [4.69, 9.17) is 0 Å². The van der Waals surface area contributed by atoms with E-state index in [1.807, 2.05) is 0 Å². The minimum Gasteiger partial charge on any atom is -0.0654 e. The third-order valence-electron chi connectivity index (χ3n) is 10.0. The van der Waals surface area contributed by atoms with Gasteiger partial charge in [-0.2, -0.15) is 0 Å². The molecule has 0 heterocycles. The molecule has 3 aliphatic rings. The van der Waals surface area contributed by atoms with E-state index in [0.717, 1.165) is 0 Å². The topological polar surface area (TPSA) is 0 Å². The van der Waals surface area contributed by atoms with Crippen molar-refractivity contribution in [1.29, 1.82) is 0 Å². The Morgan fingerprint density at radius 2 is 0.872 bits per heavy atom. The summed E-state index contributed by atoms with van der Waals surface area (Å²) in [4.78, 5) is 0. The Balaban J connectivity index is 1.10. The van der Waals surface area contributed by atoms with Crippen LogP contribution in [0.25, 0.3) is 22.3 Å². The van der Waals surface area contributed by atoms with Crippen molar-refractivity contribution >= 4 is 15.9 Å². The van der Waals surface area contributed by atoms with Crippen LogP contribution in [0.5, 0.6) is 0 Å². The molecule has 0 amide bonds. The van der Waals surface area contributed by atoms with E-state index in [0.29, 0.717) is 10.8 Å². The summed E-state index contributed by atoms with van der Waals surface area (Å²) in [5.74, 6) is 0. The Bertz CT molecular complexity index is 1340. The van der Waals surface area contributed by atoms with Crippen LogP contribution in [-0.2, 0) is 17.3 Å². The van der Waals surface area contributed by atoms with Gasteiger partial charge in [-0.1, -0.05) is 127 Å². The summed E-state index contributed by atoms with van der Waals surface area (Å²) in [6.07, 6.45) is 14.4. The number of aryl methyl sites for hydroxylation is 1. The molecule has 0 spiro atoms. The Labute approximate surface area is 244 Å². The van der Waals surface area contributed by atoms with E-state index in [1.165, 1.54) is 103 Å². The van der Waals surface area contributed by atoms with E-state index in [1.54, 1.807) is 11.1 Å². The van der Waals surface area contributed by atoms with E-state index in [-0.39, 0.29) is 0 Å². The minimum absolute atomic E-state index is 0.377. The molecule has 0 aromatic heterocycles. The van der Waals surface area contributed by atoms with Gasteiger partial charge in [0.05, 0.1) is 0 Å². The summed E-state index contributed by atoms with van der Waals surface area (Å²) in [5, 5.41) is 0. The maximum absolute atomic E-state index is 3.61. The number of rotatable bonds is 9. The first-order valence-electron chi connectivity index (χ1n) is 15.2. The molecule has 39 heavy (non-hydrogen) atoms. The molecule has 3 fully saturated rings. The van der Waals surface area contributed by atoms with E-state index >= 15 is 0 Å². The molecule has 0 N–H and O–H groups in total. The number of fused-ring (bicyclic) bond motifs is 3. The van der Waals surface area contributed by atoms with Gasteiger partial charge in [0.2, 0.25) is 0 Å². The maximum Gasteiger partial charge on any atom is 0.0175 e. The zero-order valence-corrected chi connectivity index (χ0v) is 25.0. The average molecular weight is 578 g/mol. The molecular weight excluding hydrogens is 536 g/mol. The van der Waals surface area contributed by atoms with Crippen molar-refractivity contribution in [2.75, 3.05) is 0 Å². The number of benzene rings is 4. The lowest BCUT2D eigenvalue weighted by Crippen LogP contribution is -2.46. The van der Waals surface area contributed by atoms with Crippen LogP contribution in [0.3, 0.4) is 0 Å². The van der Waals surface area contributed by atoms with Crippen LogP contribution in [0.4, 0.5) is 0 Å². The number of hydrogen-bond donors (Lipinski definition) is 0. The first-order valence-corrected chi connectivity index (χ1v) is 15.9. The normalized spacial score (nSPS) is 22.2.